The van der Waals surface area contributed by atoms with Gasteiger partial charge in [-0.3, -0.25) is 9.59 Å². The summed E-state index contributed by atoms with van der Waals surface area (Å²) < 4.78 is 4.72. The average molecular weight is 158 g/mol. The SMILES string of the molecule is CC1OC(=O)CC1(C)C(=O)O. The van der Waals surface area contributed by atoms with Crippen molar-refractivity contribution in [3.63, 3.8) is 0 Å². The van der Waals surface area contributed by atoms with Crippen molar-refractivity contribution in [2.24, 2.45) is 5.41 Å². The zero-order chi connectivity index (χ0) is 8.65. The summed E-state index contributed by atoms with van der Waals surface area (Å²) in [5, 5.41) is 8.73. The fourth-order valence-electron chi connectivity index (χ4n) is 1.06. The Morgan fingerprint density at radius 3 is 2.55 bits per heavy atom. The van der Waals surface area contributed by atoms with Crippen molar-refractivity contribution in [1.29, 1.82) is 0 Å². The average Bonchev–Trinajstić information content (AvgIpc) is 2.08. The molecule has 0 bridgehead atoms. The predicted molar refractivity (Wildman–Crippen MR) is 35.9 cm³/mol. The van der Waals surface area contributed by atoms with Gasteiger partial charge in [-0.1, -0.05) is 0 Å². The molecule has 4 heteroatoms. The molecule has 2 atom stereocenters. The lowest BCUT2D eigenvalue weighted by Gasteiger charge is -2.19. The van der Waals surface area contributed by atoms with Gasteiger partial charge >= 0.3 is 11.9 Å². The topological polar surface area (TPSA) is 63.6 Å². The van der Waals surface area contributed by atoms with Gasteiger partial charge in [-0.15, -0.1) is 0 Å². The van der Waals surface area contributed by atoms with Crippen LogP contribution in [-0.4, -0.2) is 23.1 Å². The van der Waals surface area contributed by atoms with Gasteiger partial charge in [0.05, 0.1) is 6.42 Å². The molecule has 0 aromatic rings. The van der Waals surface area contributed by atoms with Crippen molar-refractivity contribution in [2.45, 2.75) is 26.4 Å². The lowest BCUT2D eigenvalue weighted by molar-refractivity contribution is -0.150. The molecule has 1 aliphatic heterocycles. The molecule has 2 unspecified atom stereocenters. The van der Waals surface area contributed by atoms with Crippen molar-refractivity contribution in [1.82, 2.24) is 0 Å². The first-order valence-electron chi connectivity index (χ1n) is 3.39. The number of hydrogen-bond donors (Lipinski definition) is 1. The molecule has 1 aliphatic rings. The normalized spacial score (nSPS) is 36.9. The second-order valence-electron chi connectivity index (χ2n) is 3.03. The first kappa shape index (κ1) is 8.04. The Morgan fingerprint density at radius 1 is 1.82 bits per heavy atom. The summed E-state index contributed by atoms with van der Waals surface area (Å²) in [6.07, 6.45) is -0.545. The van der Waals surface area contributed by atoms with Gasteiger partial charge in [0.1, 0.15) is 11.5 Å². The fraction of sp³-hybridized carbons (Fsp3) is 0.714. The number of hydrogen-bond acceptors (Lipinski definition) is 3. The molecule has 0 amide bonds. The van der Waals surface area contributed by atoms with Crippen LogP contribution in [0.1, 0.15) is 20.3 Å². The minimum absolute atomic E-state index is 0.0243. The number of rotatable bonds is 1. The Hall–Kier alpha value is -1.06. The quantitative estimate of drug-likeness (QED) is 0.561. The van der Waals surface area contributed by atoms with E-state index in [1.54, 1.807) is 6.92 Å². The number of carbonyl (C=O) groups excluding carboxylic acids is 1. The van der Waals surface area contributed by atoms with E-state index in [2.05, 4.69) is 0 Å². The van der Waals surface area contributed by atoms with Crippen molar-refractivity contribution >= 4 is 11.9 Å². The number of cyclic esters (lactones) is 1. The standard InChI is InChI=1S/C7H10O4/c1-4-7(2,6(9)10)3-5(8)11-4/h4H,3H2,1-2H3,(H,9,10). The Kier molecular flexibility index (Phi) is 1.62. The van der Waals surface area contributed by atoms with Crippen LogP contribution in [0, 0.1) is 5.41 Å². The molecule has 62 valence electrons. The van der Waals surface area contributed by atoms with Gasteiger partial charge in [0.2, 0.25) is 0 Å². The molecule has 11 heavy (non-hydrogen) atoms. The number of esters is 1. The summed E-state index contributed by atoms with van der Waals surface area (Å²) in [6.45, 7) is 3.12. The molecule has 1 N–H and O–H groups in total. The minimum atomic E-state index is -1.03. The highest BCUT2D eigenvalue weighted by Crippen LogP contribution is 2.35. The third-order valence-corrected chi connectivity index (χ3v) is 2.21. The maximum atomic E-state index is 10.7. The molecule has 0 spiro atoms. The molecular weight excluding hydrogens is 148 g/mol. The van der Waals surface area contributed by atoms with E-state index in [4.69, 9.17) is 9.84 Å². The number of ether oxygens (including phenoxy) is 1. The zero-order valence-corrected chi connectivity index (χ0v) is 6.46. The highest BCUT2D eigenvalue weighted by molar-refractivity contribution is 5.85. The van der Waals surface area contributed by atoms with Gasteiger partial charge in [-0.2, -0.15) is 0 Å². The van der Waals surface area contributed by atoms with Crippen molar-refractivity contribution in [2.75, 3.05) is 0 Å². The first-order valence-corrected chi connectivity index (χ1v) is 3.39. The van der Waals surface area contributed by atoms with Crippen LogP contribution in [0.4, 0.5) is 0 Å². The van der Waals surface area contributed by atoms with Crippen LogP contribution in [0.5, 0.6) is 0 Å². The third-order valence-electron chi connectivity index (χ3n) is 2.21. The monoisotopic (exact) mass is 158 g/mol. The van der Waals surface area contributed by atoms with Crippen LogP contribution in [0.3, 0.4) is 0 Å². The molecule has 0 saturated carbocycles. The number of carboxylic acids is 1. The molecule has 4 nitrogen and oxygen atoms in total. The molecule has 0 aromatic heterocycles. The Balaban J connectivity index is 2.87. The molecule has 0 aromatic carbocycles. The second kappa shape index (κ2) is 2.22. The fourth-order valence-corrected chi connectivity index (χ4v) is 1.06. The van der Waals surface area contributed by atoms with E-state index in [1.165, 1.54) is 6.92 Å². The van der Waals surface area contributed by atoms with E-state index in [1.807, 2.05) is 0 Å². The summed E-state index contributed by atoms with van der Waals surface area (Å²) in [5.74, 6) is -1.40. The number of carboxylic acid groups (broad SMARTS) is 1. The zero-order valence-electron chi connectivity index (χ0n) is 6.46. The van der Waals surface area contributed by atoms with E-state index in [0.717, 1.165) is 0 Å². The summed E-state index contributed by atoms with van der Waals surface area (Å²) in [4.78, 5) is 21.3. The Morgan fingerprint density at radius 2 is 2.36 bits per heavy atom. The van der Waals surface area contributed by atoms with E-state index < -0.39 is 23.5 Å². The van der Waals surface area contributed by atoms with Gasteiger partial charge in [0.25, 0.3) is 0 Å². The van der Waals surface area contributed by atoms with Crippen LogP contribution in [-0.2, 0) is 14.3 Å². The van der Waals surface area contributed by atoms with Crippen molar-refractivity contribution < 1.29 is 19.4 Å². The van der Waals surface area contributed by atoms with Crippen LogP contribution in [0.15, 0.2) is 0 Å². The lowest BCUT2D eigenvalue weighted by Crippen LogP contribution is -2.33. The molecule has 1 heterocycles. The second-order valence-corrected chi connectivity index (χ2v) is 3.03. The largest absolute Gasteiger partial charge is 0.481 e. The van der Waals surface area contributed by atoms with Crippen LogP contribution >= 0.6 is 0 Å². The first-order chi connectivity index (χ1) is 4.97. The molecule has 0 aliphatic carbocycles. The van der Waals surface area contributed by atoms with E-state index in [0.29, 0.717) is 0 Å². The van der Waals surface area contributed by atoms with Gasteiger partial charge in [0.15, 0.2) is 0 Å². The Bertz CT molecular complexity index is 210. The smallest absolute Gasteiger partial charge is 0.313 e. The lowest BCUT2D eigenvalue weighted by atomic mass is 9.84. The molecule has 1 fully saturated rings. The predicted octanol–water partition coefficient (Wildman–Crippen LogP) is 0.413. The summed E-state index contributed by atoms with van der Waals surface area (Å²) >= 11 is 0. The maximum absolute atomic E-state index is 10.7. The van der Waals surface area contributed by atoms with E-state index in [9.17, 15) is 9.59 Å². The minimum Gasteiger partial charge on any atom is -0.481 e. The van der Waals surface area contributed by atoms with E-state index in [-0.39, 0.29) is 6.42 Å². The summed E-state index contributed by atoms with van der Waals surface area (Å²) in [5.41, 5.74) is -1.03. The van der Waals surface area contributed by atoms with Crippen molar-refractivity contribution in [3.05, 3.63) is 0 Å². The van der Waals surface area contributed by atoms with E-state index >= 15 is 0 Å². The number of carbonyl (C=O) groups is 2. The highest BCUT2D eigenvalue weighted by atomic mass is 16.6. The van der Waals surface area contributed by atoms with Crippen molar-refractivity contribution in [3.8, 4) is 0 Å². The summed E-state index contributed by atoms with van der Waals surface area (Å²) in [6, 6.07) is 0. The van der Waals surface area contributed by atoms with Gasteiger partial charge in [-0.05, 0) is 13.8 Å². The molecular formula is C7H10O4. The third kappa shape index (κ3) is 1.08. The van der Waals surface area contributed by atoms with Gasteiger partial charge in [0, 0.05) is 0 Å². The highest BCUT2D eigenvalue weighted by Gasteiger charge is 2.48. The van der Waals surface area contributed by atoms with Crippen LogP contribution in [0.25, 0.3) is 0 Å². The molecule has 1 saturated heterocycles. The Labute approximate surface area is 64.2 Å². The van der Waals surface area contributed by atoms with Gasteiger partial charge < -0.3 is 9.84 Å². The molecule has 0 radical (unpaired) electrons. The molecule has 1 rings (SSSR count). The van der Waals surface area contributed by atoms with Crippen LogP contribution < -0.4 is 0 Å². The van der Waals surface area contributed by atoms with Gasteiger partial charge in [-0.25, -0.2) is 0 Å². The maximum Gasteiger partial charge on any atom is 0.313 e. The summed E-state index contributed by atoms with van der Waals surface area (Å²) in [7, 11) is 0. The number of aliphatic carboxylic acids is 1. The van der Waals surface area contributed by atoms with Crippen LogP contribution in [0.2, 0.25) is 0 Å².